The van der Waals surface area contributed by atoms with Gasteiger partial charge in [-0.2, -0.15) is 4.98 Å². The smallest absolute Gasteiger partial charge is 0.261 e. The molecule has 0 aliphatic carbocycles. The second-order valence-electron chi connectivity index (χ2n) is 6.63. The number of oxazole rings is 1. The van der Waals surface area contributed by atoms with Crippen LogP contribution >= 0.6 is 23.8 Å². The molecule has 0 bridgehead atoms. The van der Waals surface area contributed by atoms with Crippen molar-refractivity contribution >= 4 is 51.8 Å². The van der Waals surface area contributed by atoms with Gasteiger partial charge in [0.25, 0.3) is 5.91 Å². The van der Waals surface area contributed by atoms with E-state index in [1.165, 1.54) is 13.2 Å². The van der Waals surface area contributed by atoms with Gasteiger partial charge in [-0.25, -0.2) is 4.98 Å². The van der Waals surface area contributed by atoms with Crippen molar-refractivity contribution < 1.29 is 13.9 Å². The van der Waals surface area contributed by atoms with Crippen LogP contribution in [-0.2, 0) is 0 Å². The molecule has 156 valence electrons. The van der Waals surface area contributed by atoms with E-state index in [2.05, 4.69) is 20.6 Å². The minimum absolute atomic E-state index is 0.147. The first kappa shape index (κ1) is 20.8. The molecular formula is C22H17ClN4O3S. The fourth-order valence-electron chi connectivity index (χ4n) is 3.01. The number of benzene rings is 2. The Bertz CT molecular complexity index is 1270. The van der Waals surface area contributed by atoms with Crippen LogP contribution in [0.2, 0.25) is 5.02 Å². The number of carbonyl (C=O) groups excluding carboxylic acids is 1. The Kier molecular flexibility index (Phi) is 5.83. The minimum atomic E-state index is -0.426. The lowest BCUT2D eigenvalue weighted by molar-refractivity contribution is 0.0975. The van der Waals surface area contributed by atoms with E-state index >= 15 is 0 Å². The molecule has 0 fully saturated rings. The Hall–Kier alpha value is -3.49. The number of pyridine rings is 1. The second kappa shape index (κ2) is 8.71. The number of hydrogen-bond donors (Lipinski definition) is 2. The van der Waals surface area contributed by atoms with Gasteiger partial charge in [-0.3, -0.25) is 10.1 Å². The lowest BCUT2D eigenvalue weighted by atomic mass is 10.1. The van der Waals surface area contributed by atoms with Gasteiger partial charge in [-0.15, -0.1) is 0 Å². The number of fused-ring (bicyclic) bond motifs is 1. The monoisotopic (exact) mass is 452 g/mol. The molecule has 0 atom stereocenters. The van der Waals surface area contributed by atoms with Crippen LogP contribution in [0.5, 0.6) is 5.75 Å². The van der Waals surface area contributed by atoms with Crippen molar-refractivity contribution in [1.29, 1.82) is 0 Å². The van der Waals surface area contributed by atoms with Crippen LogP contribution in [0.15, 0.2) is 59.1 Å². The number of ether oxygens (including phenoxy) is 1. The largest absolute Gasteiger partial charge is 0.496 e. The van der Waals surface area contributed by atoms with E-state index in [9.17, 15) is 4.79 Å². The van der Waals surface area contributed by atoms with Gasteiger partial charge in [0.2, 0.25) is 5.89 Å². The molecule has 4 rings (SSSR count). The summed E-state index contributed by atoms with van der Waals surface area (Å²) in [6, 6.07) is 14.0. The molecule has 0 radical (unpaired) electrons. The molecule has 2 aromatic carbocycles. The third kappa shape index (κ3) is 4.50. The van der Waals surface area contributed by atoms with E-state index in [0.29, 0.717) is 27.9 Å². The van der Waals surface area contributed by atoms with E-state index in [1.54, 1.807) is 24.4 Å². The van der Waals surface area contributed by atoms with Crippen molar-refractivity contribution in [2.75, 3.05) is 12.4 Å². The van der Waals surface area contributed by atoms with E-state index < -0.39 is 5.91 Å². The maximum atomic E-state index is 12.6. The summed E-state index contributed by atoms with van der Waals surface area (Å²) in [6.45, 7) is 1.91. The molecule has 0 saturated heterocycles. The number of rotatable bonds is 4. The summed E-state index contributed by atoms with van der Waals surface area (Å²) in [4.78, 5) is 21.2. The molecule has 0 saturated carbocycles. The zero-order valence-corrected chi connectivity index (χ0v) is 18.2. The van der Waals surface area contributed by atoms with Crippen LogP contribution in [0.1, 0.15) is 15.9 Å². The maximum Gasteiger partial charge on any atom is 0.261 e. The number of methoxy groups -OCH3 is 1. The van der Waals surface area contributed by atoms with Gasteiger partial charge < -0.3 is 14.5 Å². The average molecular weight is 453 g/mol. The number of nitrogens with zero attached hydrogens (tertiary/aromatic N) is 2. The van der Waals surface area contributed by atoms with E-state index in [4.69, 9.17) is 33.0 Å². The number of hydrogen-bond acceptors (Lipinski definition) is 6. The van der Waals surface area contributed by atoms with E-state index in [1.807, 2.05) is 31.2 Å². The highest BCUT2D eigenvalue weighted by molar-refractivity contribution is 7.80. The van der Waals surface area contributed by atoms with Crippen LogP contribution in [0.4, 0.5) is 5.69 Å². The van der Waals surface area contributed by atoms with Gasteiger partial charge in [-0.05, 0) is 73.2 Å². The van der Waals surface area contributed by atoms with Crippen molar-refractivity contribution in [3.8, 4) is 17.2 Å². The van der Waals surface area contributed by atoms with Crippen molar-refractivity contribution in [2.45, 2.75) is 6.92 Å². The molecule has 0 spiro atoms. The van der Waals surface area contributed by atoms with Crippen molar-refractivity contribution in [2.24, 2.45) is 0 Å². The van der Waals surface area contributed by atoms with Gasteiger partial charge in [0.05, 0.1) is 12.7 Å². The Balaban J connectivity index is 1.48. The molecule has 2 heterocycles. The Morgan fingerprint density at radius 2 is 2.03 bits per heavy atom. The van der Waals surface area contributed by atoms with Gasteiger partial charge in [0.1, 0.15) is 5.75 Å². The average Bonchev–Trinajstić information content (AvgIpc) is 3.19. The summed E-state index contributed by atoms with van der Waals surface area (Å²) < 4.78 is 11.0. The van der Waals surface area contributed by atoms with Gasteiger partial charge in [-0.1, -0.05) is 11.6 Å². The molecule has 1 amide bonds. The highest BCUT2D eigenvalue weighted by Crippen LogP contribution is 2.27. The minimum Gasteiger partial charge on any atom is -0.496 e. The number of aryl methyl sites for hydroxylation is 1. The molecule has 0 aliphatic rings. The quantitative estimate of drug-likeness (QED) is 0.422. The summed E-state index contributed by atoms with van der Waals surface area (Å²) in [6.07, 6.45) is 1.67. The second-order valence-corrected chi connectivity index (χ2v) is 7.47. The predicted molar refractivity (Wildman–Crippen MR) is 124 cm³/mol. The molecule has 4 aromatic rings. The summed E-state index contributed by atoms with van der Waals surface area (Å²) in [5, 5.41) is 6.24. The van der Waals surface area contributed by atoms with Crippen LogP contribution in [-0.4, -0.2) is 28.1 Å². The fraction of sp³-hybridized carbons (Fsp3) is 0.0909. The van der Waals surface area contributed by atoms with Gasteiger partial charge >= 0.3 is 0 Å². The first-order valence-corrected chi connectivity index (χ1v) is 10.0. The highest BCUT2D eigenvalue weighted by atomic mass is 35.5. The van der Waals surface area contributed by atoms with Crippen molar-refractivity contribution in [1.82, 2.24) is 15.3 Å². The van der Waals surface area contributed by atoms with E-state index in [0.717, 1.165) is 16.8 Å². The van der Waals surface area contributed by atoms with Gasteiger partial charge in [0, 0.05) is 22.5 Å². The normalized spacial score (nSPS) is 10.7. The number of amides is 1. The summed E-state index contributed by atoms with van der Waals surface area (Å²) in [5.41, 5.74) is 3.90. The van der Waals surface area contributed by atoms with Crippen LogP contribution in [0.3, 0.4) is 0 Å². The molecule has 2 aromatic heterocycles. The van der Waals surface area contributed by atoms with Crippen LogP contribution < -0.4 is 15.4 Å². The zero-order valence-electron chi connectivity index (χ0n) is 16.6. The van der Waals surface area contributed by atoms with Crippen molar-refractivity contribution in [3.63, 3.8) is 0 Å². The third-order valence-corrected chi connectivity index (χ3v) is 4.96. The standard InChI is InChI=1S/C22H17ClN4O3S/c1-12-10-13(21-26-19-18(30-21)4-3-9-24-19)5-7-16(12)25-22(31)27-20(28)15-11-14(23)6-8-17(15)29-2/h3-11H,1-2H3,(H2,25,27,28,31). The first-order valence-electron chi connectivity index (χ1n) is 9.23. The van der Waals surface area contributed by atoms with Crippen LogP contribution in [0.25, 0.3) is 22.7 Å². The Labute approximate surface area is 188 Å². The number of anilines is 1. The molecule has 0 aliphatic heterocycles. The lowest BCUT2D eigenvalue weighted by Gasteiger charge is -2.13. The first-order chi connectivity index (χ1) is 14.9. The number of carbonyl (C=O) groups is 1. The summed E-state index contributed by atoms with van der Waals surface area (Å²) in [7, 11) is 1.48. The SMILES string of the molecule is COc1ccc(Cl)cc1C(=O)NC(=S)Nc1ccc(-c2nc3ncccc3o2)cc1C. The number of halogens is 1. The zero-order chi connectivity index (χ0) is 22.0. The number of nitrogens with one attached hydrogen (secondary N) is 2. The number of thiocarbonyl (C=S) groups is 1. The molecule has 7 nitrogen and oxygen atoms in total. The lowest BCUT2D eigenvalue weighted by Crippen LogP contribution is -2.34. The molecular weight excluding hydrogens is 436 g/mol. The van der Waals surface area contributed by atoms with Crippen molar-refractivity contribution in [3.05, 3.63) is 70.9 Å². The number of aromatic nitrogens is 2. The molecule has 0 unspecified atom stereocenters. The van der Waals surface area contributed by atoms with Crippen LogP contribution in [0, 0.1) is 6.92 Å². The predicted octanol–water partition coefficient (Wildman–Crippen LogP) is 4.99. The third-order valence-electron chi connectivity index (χ3n) is 4.52. The molecule has 9 heteroatoms. The fourth-order valence-corrected chi connectivity index (χ4v) is 3.39. The summed E-state index contributed by atoms with van der Waals surface area (Å²) in [5.74, 6) is 0.454. The topological polar surface area (TPSA) is 89.3 Å². The summed E-state index contributed by atoms with van der Waals surface area (Å²) >= 11 is 11.3. The molecule has 31 heavy (non-hydrogen) atoms. The Morgan fingerprint density at radius 3 is 2.77 bits per heavy atom. The maximum absolute atomic E-state index is 12.6. The Morgan fingerprint density at radius 1 is 1.19 bits per heavy atom. The highest BCUT2D eigenvalue weighted by Gasteiger charge is 2.15. The van der Waals surface area contributed by atoms with E-state index in [-0.39, 0.29) is 10.7 Å². The molecule has 2 N–H and O–H groups in total. The van der Waals surface area contributed by atoms with Gasteiger partial charge in [0.15, 0.2) is 16.3 Å².